The molecular formula is C17H26ClF3N4O. The fraction of sp³-hybridized carbons (Fsp3) is 0.588. The van der Waals surface area contributed by atoms with Gasteiger partial charge in [-0.3, -0.25) is 9.69 Å². The van der Waals surface area contributed by atoms with E-state index in [0.717, 1.165) is 32.1 Å². The average molecular weight is 395 g/mol. The van der Waals surface area contributed by atoms with E-state index in [4.69, 9.17) is 5.73 Å². The van der Waals surface area contributed by atoms with Crippen molar-refractivity contribution < 1.29 is 18.0 Å². The third-order valence-electron chi connectivity index (χ3n) is 4.26. The molecule has 0 saturated carbocycles. The van der Waals surface area contributed by atoms with Crippen LogP contribution in [0.2, 0.25) is 0 Å². The van der Waals surface area contributed by atoms with Crippen LogP contribution in [-0.4, -0.2) is 56.6 Å². The Morgan fingerprint density at radius 1 is 1.19 bits per heavy atom. The maximum Gasteiger partial charge on any atom is 0.416 e. The number of anilines is 1. The second-order valence-electron chi connectivity index (χ2n) is 6.12. The van der Waals surface area contributed by atoms with Crippen molar-refractivity contribution in [3.63, 3.8) is 0 Å². The highest BCUT2D eigenvalue weighted by molar-refractivity contribution is 5.85. The van der Waals surface area contributed by atoms with Crippen molar-refractivity contribution in [1.82, 2.24) is 10.2 Å². The predicted octanol–water partition coefficient (Wildman–Crippen LogP) is 2.10. The molecule has 5 nitrogen and oxygen atoms in total. The molecule has 1 aliphatic rings. The van der Waals surface area contributed by atoms with Gasteiger partial charge in [-0.1, -0.05) is 6.07 Å². The molecule has 1 aliphatic heterocycles. The molecule has 0 spiro atoms. The number of benzene rings is 1. The lowest BCUT2D eigenvalue weighted by atomic mass is 10.1. The summed E-state index contributed by atoms with van der Waals surface area (Å²) in [7, 11) is 0. The normalized spacial score (nSPS) is 15.5. The molecule has 1 aromatic rings. The van der Waals surface area contributed by atoms with Gasteiger partial charge in [-0.15, -0.1) is 12.4 Å². The maximum absolute atomic E-state index is 12.8. The van der Waals surface area contributed by atoms with Crippen LogP contribution in [0.25, 0.3) is 0 Å². The lowest BCUT2D eigenvalue weighted by Crippen LogP contribution is -2.47. The summed E-state index contributed by atoms with van der Waals surface area (Å²) in [6.07, 6.45) is -3.12. The molecule has 0 aromatic heterocycles. The second kappa shape index (κ2) is 10.6. The van der Waals surface area contributed by atoms with Crippen LogP contribution in [0.3, 0.4) is 0 Å². The van der Waals surface area contributed by atoms with E-state index in [2.05, 4.69) is 10.2 Å². The van der Waals surface area contributed by atoms with Crippen molar-refractivity contribution in [2.24, 2.45) is 5.73 Å². The Hall–Kier alpha value is -1.51. The van der Waals surface area contributed by atoms with Gasteiger partial charge < -0.3 is 16.0 Å². The van der Waals surface area contributed by atoms with Crippen LogP contribution in [0.15, 0.2) is 24.3 Å². The number of nitrogens with two attached hydrogens (primary N) is 1. The van der Waals surface area contributed by atoms with Crippen LogP contribution >= 0.6 is 12.4 Å². The van der Waals surface area contributed by atoms with E-state index < -0.39 is 11.7 Å². The van der Waals surface area contributed by atoms with Gasteiger partial charge in [0.25, 0.3) is 0 Å². The van der Waals surface area contributed by atoms with Crippen molar-refractivity contribution in [3.05, 3.63) is 29.8 Å². The topological polar surface area (TPSA) is 61.6 Å². The predicted molar refractivity (Wildman–Crippen MR) is 98.6 cm³/mol. The Balaban J connectivity index is 0.00000338. The Morgan fingerprint density at radius 3 is 2.50 bits per heavy atom. The van der Waals surface area contributed by atoms with Crippen LogP contribution in [0.1, 0.15) is 18.4 Å². The van der Waals surface area contributed by atoms with Gasteiger partial charge in [0.1, 0.15) is 0 Å². The van der Waals surface area contributed by atoms with E-state index in [1.54, 1.807) is 6.07 Å². The van der Waals surface area contributed by atoms with Crippen molar-refractivity contribution >= 4 is 24.0 Å². The van der Waals surface area contributed by atoms with Crippen LogP contribution in [0.5, 0.6) is 0 Å². The fourth-order valence-corrected chi connectivity index (χ4v) is 2.86. The van der Waals surface area contributed by atoms with Crippen molar-refractivity contribution in [3.8, 4) is 0 Å². The third-order valence-corrected chi connectivity index (χ3v) is 4.26. The van der Waals surface area contributed by atoms with E-state index in [9.17, 15) is 18.0 Å². The Labute approximate surface area is 158 Å². The number of carbonyl (C=O) groups excluding carboxylic acids is 1. The van der Waals surface area contributed by atoms with Crippen molar-refractivity contribution in [2.75, 3.05) is 50.7 Å². The van der Waals surface area contributed by atoms with Crippen LogP contribution < -0.4 is 16.0 Å². The summed E-state index contributed by atoms with van der Waals surface area (Å²) in [5, 5.41) is 2.82. The SMILES string of the molecule is Cl.NCCC(=O)NCCCN1CCN(c2cccc(C(F)(F)F)c2)CC1. The number of amides is 1. The van der Waals surface area contributed by atoms with E-state index in [0.29, 0.717) is 38.3 Å². The summed E-state index contributed by atoms with van der Waals surface area (Å²) in [5.41, 5.74) is 5.31. The Morgan fingerprint density at radius 2 is 1.88 bits per heavy atom. The monoisotopic (exact) mass is 394 g/mol. The first-order valence-corrected chi connectivity index (χ1v) is 8.51. The third kappa shape index (κ3) is 7.01. The summed E-state index contributed by atoms with van der Waals surface area (Å²) in [6.45, 7) is 4.82. The van der Waals surface area contributed by atoms with Crippen molar-refractivity contribution in [2.45, 2.75) is 19.0 Å². The van der Waals surface area contributed by atoms with Gasteiger partial charge >= 0.3 is 6.18 Å². The molecule has 0 atom stereocenters. The molecule has 0 radical (unpaired) electrons. The summed E-state index contributed by atoms with van der Waals surface area (Å²) in [5.74, 6) is -0.0307. The largest absolute Gasteiger partial charge is 0.416 e. The molecule has 0 unspecified atom stereocenters. The highest BCUT2D eigenvalue weighted by atomic mass is 35.5. The standard InChI is InChI=1S/C17H25F3N4O.ClH/c18-17(19,20)14-3-1-4-15(13-14)24-11-9-23(10-12-24)8-2-7-22-16(25)5-6-21;/h1,3-4,13H,2,5-12,21H2,(H,22,25);1H. The number of alkyl halides is 3. The molecule has 0 bridgehead atoms. The fourth-order valence-electron chi connectivity index (χ4n) is 2.86. The van der Waals surface area contributed by atoms with Gasteiger partial charge in [0.15, 0.2) is 0 Å². The number of hydrogen-bond acceptors (Lipinski definition) is 4. The number of piperazine rings is 1. The van der Waals surface area contributed by atoms with E-state index in [-0.39, 0.29) is 18.3 Å². The maximum atomic E-state index is 12.8. The number of carbonyl (C=O) groups is 1. The molecule has 148 valence electrons. The minimum Gasteiger partial charge on any atom is -0.369 e. The minimum atomic E-state index is -4.31. The zero-order valence-electron chi connectivity index (χ0n) is 14.6. The van der Waals surface area contributed by atoms with E-state index >= 15 is 0 Å². The number of halogens is 4. The average Bonchev–Trinajstić information content (AvgIpc) is 2.59. The molecule has 0 aliphatic carbocycles. The highest BCUT2D eigenvalue weighted by Crippen LogP contribution is 2.31. The molecule has 2 rings (SSSR count). The zero-order valence-corrected chi connectivity index (χ0v) is 15.4. The van der Waals surface area contributed by atoms with E-state index in [1.807, 2.05) is 4.90 Å². The lowest BCUT2D eigenvalue weighted by Gasteiger charge is -2.36. The molecule has 26 heavy (non-hydrogen) atoms. The number of nitrogens with one attached hydrogen (secondary N) is 1. The van der Waals surface area contributed by atoms with Gasteiger partial charge in [0, 0.05) is 51.4 Å². The molecule has 1 heterocycles. The molecule has 1 fully saturated rings. The van der Waals surface area contributed by atoms with E-state index in [1.165, 1.54) is 12.1 Å². The number of nitrogens with zero attached hydrogens (tertiary/aromatic N) is 2. The van der Waals surface area contributed by atoms with Gasteiger partial charge in [0.2, 0.25) is 5.91 Å². The van der Waals surface area contributed by atoms with Crippen LogP contribution in [0.4, 0.5) is 18.9 Å². The first kappa shape index (κ1) is 22.5. The summed E-state index contributed by atoms with van der Waals surface area (Å²) < 4.78 is 38.4. The highest BCUT2D eigenvalue weighted by Gasteiger charge is 2.31. The molecule has 1 saturated heterocycles. The summed E-state index contributed by atoms with van der Waals surface area (Å²) >= 11 is 0. The lowest BCUT2D eigenvalue weighted by molar-refractivity contribution is -0.137. The quantitative estimate of drug-likeness (QED) is 0.695. The molecule has 3 N–H and O–H groups in total. The Bertz CT molecular complexity index is 563. The minimum absolute atomic E-state index is 0. The van der Waals surface area contributed by atoms with Crippen molar-refractivity contribution in [1.29, 1.82) is 0 Å². The second-order valence-corrected chi connectivity index (χ2v) is 6.12. The van der Waals surface area contributed by atoms with Crippen LogP contribution in [-0.2, 0) is 11.0 Å². The smallest absolute Gasteiger partial charge is 0.369 e. The van der Waals surface area contributed by atoms with Gasteiger partial charge in [-0.2, -0.15) is 13.2 Å². The molecular weight excluding hydrogens is 369 g/mol. The van der Waals surface area contributed by atoms with Gasteiger partial charge in [-0.05, 0) is 31.2 Å². The molecule has 1 aromatic carbocycles. The number of rotatable bonds is 7. The van der Waals surface area contributed by atoms with Gasteiger partial charge in [0.05, 0.1) is 5.56 Å². The summed E-state index contributed by atoms with van der Waals surface area (Å²) in [6, 6.07) is 5.48. The summed E-state index contributed by atoms with van der Waals surface area (Å²) in [4.78, 5) is 15.5. The molecule has 9 heteroatoms. The van der Waals surface area contributed by atoms with Gasteiger partial charge in [-0.25, -0.2) is 0 Å². The molecule has 1 amide bonds. The first-order valence-electron chi connectivity index (χ1n) is 8.51. The first-order chi connectivity index (χ1) is 11.9. The zero-order chi connectivity index (χ0) is 18.3. The van der Waals surface area contributed by atoms with Crippen LogP contribution in [0, 0.1) is 0 Å². The number of hydrogen-bond donors (Lipinski definition) is 2. The Kier molecular flexibility index (Phi) is 9.18.